The number of carbonyl (C=O) groups is 5. The molecule has 51 heavy (non-hydrogen) atoms. The van der Waals surface area contributed by atoms with Crippen molar-refractivity contribution in [3.63, 3.8) is 0 Å². The van der Waals surface area contributed by atoms with Gasteiger partial charge < -0.3 is 34.5 Å². The second kappa shape index (κ2) is 14.4. The lowest BCUT2D eigenvalue weighted by Gasteiger charge is -2.30. The third-order valence-electron chi connectivity index (χ3n) is 8.90. The Kier molecular flexibility index (Phi) is 10.5. The lowest BCUT2D eigenvalue weighted by molar-refractivity contribution is -0.146. The Balaban J connectivity index is 1.44. The predicted octanol–water partition coefficient (Wildman–Crippen LogP) is 1.72. The van der Waals surface area contributed by atoms with E-state index in [1.165, 1.54) is 12.3 Å². The van der Waals surface area contributed by atoms with Gasteiger partial charge in [-0.05, 0) is 69.7 Å². The first-order chi connectivity index (χ1) is 24.0. The van der Waals surface area contributed by atoms with Crippen molar-refractivity contribution >= 4 is 50.6 Å². The van der Waals surface area contributed by atoms with Gasteiger partial charge in [-0.15, -0.1) is 6.58 Å². The summed E-state index contributed by atoms with van der Waals surface area (Å²) in [5.74, 6) is -3.05. The highest BCUT2D eigenvalue weighted by Crippen LogP contribution is 2.45. The van der Waals surface area contributed by atoms with Crippen LogP contribution in [-0.2, 0) is 38.7 Å². The van der Waals surface area contributed by atoms with Crippen molar-refractivity contribution in [2.24, 2.45) is 5.92 Å². The van der Waals surface area contributed by atoms with E-state index in [9.17, 15) is 32.4 Å². The summed E-state index contributed by atoms with van der Waals surface area (Å²) in [6.45, 7) is 8.42. The summed E-state index contributed by atoms with van der Waals surface area (Å²) in [6.07, 6.45) is 1.47. The number of pyridine rings is 1. The van der Waals surface area contributed by atoms with E-state index in [2.05, 4.69) is 26.9 Å². The summed E-state index contributed by atoms with van der Waals surface area (Å²) < 4.78 is 49.0. The van der Waals surface area contributed by atoms with E-state index in [1.54, 1.807) is 52.1 Å². The van der Waals surface area contributed by atoms with E-state index in [1.807, 2.05) is 0 Å². The van der Waals surface area contributed by atoms with Crippen LogP contribution in [0.3, 0.4) is 0 Å². The molecule has 1 saturated heterocycles. The van der Waals surface area contributed by atoms with Crippen LogP contribution >= 0.6 is 0 Å². The molecule has 17 heteroatoms. The Morgan fingerprint density at radius 2 is 1.86 bits per heavy atom. The molecular formula is C34H43N5O11S. The zero-order chi connectivity index (χ0) is 37.3. The van der Waals surface area contributed by atoms with Crippen LogP contribution in [0.2, 0.25) is 0 Å². The summed E-state index contributed by atoms with van der Waals surface area (Å²) in [7, 11) is -1.27. The largest absolute Gasteiger partial charge is 0.497 e. The highest BCUT2D eigenvalue weighted by molar-refractivity contribution is 7.91. The third kappa shape index (κ3) is 8.52. The van der Waals surface area contributed by atoms with E-state index in [0.717, 1.165) is 17.4 Å². The molecule has 276 valence electrons. The quantitative estimate of drug-likeness (QED) is 0.199. The topological polar surface area (TPSA) is 209 Å². The van der Waals surface area contributed by atoms with Crippen LogP contribution in [0.4, 0.5) is 4.79 Å². The van der Waals surface area contributed by atoms with Gasteiger partial charge in [-0.3, -0.25) is 23.9 Å². The smallest absolute Gasteiger partial charge is 0.408 e. The Labute approximate surface area is 295 Å². The summed E-state index contributed by atoms with van der Waals surface area (Å²) in [5, 5.41) is 5.84. The number of ether oxygens (including phenoxy) is 4. The molecule has 1 aliphatic heterocycles. The van der Waals surface area contributed by atoms with E-state index < -0.39 is 86.7 Å². The number of nitrogens with zero attached hydrogens (tertiary/aromatic N) is 2. The Morgan fingerprint density at radius 3 is 2.47 bits per heavy atom. The molecule has 5 rings (SSSR count). The number of alkyl carbamates (subject to hydrolysis) is 1. The monoisotopic (exact) mass is 729 g/mol. The van der Waals surface area contributed by atoms with Crippen molar-refractivity contribution in [3.8, 4) is 11.6 Å². The van der Waals surface area contributed by atoms with E-state index in [-0.39, 0.29) is 25.3 Å². The zero-order valence-corrected chi connectivity index (χ0v) is 29.9. The van der Waals surface area contributed by atoms with Crippen LogP contribution in [0.1, 0.15) is 52.9 Å². The molecule has 0 spiro atoms. The molecule has 0 bridgehead atoms. The number of methoxy groups -OCH3 is 2. The minimum atomic E-state index is -3.94. The number of likely N-dealkylation sites (tertiary alicyclic amines) is 1. The maximum atomic E-state index is 14.2. The van der Waals surface area contributed by atoms with Crippen molar-refractivity contribution < 1.29 is 51.3 Å². The van der Waals surface area contributed by atoms with E-state index in [4.69, 9.17) is 18.9 Å². The maximum Gasteiger partial charge on any atom is 0.408 e. The van der Waals surface area contributed by atoms with Crippen molar-refractivity contribution in [3.05, 3.63) is 43.1 Å². The molecule has 3 fully saturated rings. The van der Waals surface area contributed by atoms with Crippen LogP contribution < -0.4 is 24.8 Å². The summed E-state index contributed by atoms with van der Waals surface area (Å²) >= 11 is 0. The number of amides is 4. The molecule has 0 radical (unpaired) electrons. The molecule has 1 aromatic carbocycles. The van der Waals surface area contributed by atoms with Gasteiger partial charge in [0.2, 0.25) is 27.7 Å². The van der Waals surface area contributed by atoms with Crippen LogP contribution in [0, 0.1) is 5.92 Å². The summed E-state index contributed by atoms with van der Waals surface area (Å²) in [5.41, 5.74) is -2.55. The Hall–Kier alpha value is -4.93. The first-order valence-corrected chi connectivity index (χ1v) is 18.0. The number of fused-ring (bicyclic) bond motifs is 1. The fourth-order valence-electron chi connectivity index (χ4n) is 6.00. The Morgan fingerprint density at radius 1 is 1.14 bits per heavy atom. The molecule has 1 aromatic heterocycles. The van der Waals surface area contributed by atoms with Gasteiger partial charge in [-0.1, -0.05) is 6.08 Å². The van der Waals surface area contributed by atoms with Crippen LogP contribution in [0.25, 0.3) is 10.8 Å². The van der Waals surface area contributed by atoms with E-state index >= 15 is 0 Å². The maximum absolute atomic E-state index is 14.2. The number of rotatable bonds is 13. The fourth-order valence-corrected chi connectivity index (χ4v) is 7.37. The number of carbonyl (C=O) groups excluding carboxylic acids is 5. The van der Waals surface area contributed by atoms with Crippen molar-refractivity contribution in [1.82, 2.24) is 25.2 Å². The van der Waals surface area contributed by atoms with Gasteiger partial charge >= 0.3 is 12.1 Å². The Bertz CT molecular complexity index is 1840. The highest BCUT2D eigenvalue weighted by Gasteiger charge is 2.62. The molecule has 5 atom stereocenters. The average Bonchev–Trinajstić information content (AvgIpc) is 3.99. The van der Waals surface area contributed by atoms with Gasteiger partial charge in [0, 0.05) is 23.9 Å². The van der Waals surface area contributed by atoms with Gasteiger partial charge in [0.15, 0.2) is 0 Å². The number of hydrogen-bond acceptors (Lipinski definition) is 12. The molecule has 3 N–H and O–H groups in total. The number of nitrogens with one attached hydrogen (secondary N) is 3. The SMILES string of the molecule is C=C[C@@H]1C[C@]1(NC(=O)[C@@H]1C[C@@H](Oc2nccc3cc(OC)ccc23)CN1C(=O)[C@H](CC(=O)OC)NC(=O)OC(C)(C)C)C(=O)NS(=O)(=O)C1CC1. The van der Waals surface area contributed by atoms with Gasteiger partial charge in [0.1, 0.15) is 35.1 Å². The minimum absolute atomic E-state index is 0.0833. The van der Waals surface area contributed by atoms with Crippen molar-refractivity contribution in [1.29, 1.82) is 0 Å². The zero-order valence-electron chi connectivity index (χ0n) is 29.1. The number of aromatic nitrogens is 1. The standard InChI is InChI=1S/C34H43N5O11S/c1-7-20-17-34(20,31(43)38-51(45,46)23-9-10-23)37-28(41)26-15-22(49-29-24-11-8-21(47-5)14-19(24)12-13-35-29)18-39(26)30(42)25(16-27(40)48-6)36-32(44)50-33(2,3)4/h7-8,11-14,20,22-23,25-26H,1,9-10,15-18H2,2-6H3,(H,36,44)(H,37,41)(H,38,43)/t20-,22-,25+,26+,34-/m1/s1. The second-order valence-corrected chi connectivity index (χ2v) is 15.8. The molecule has 2 aliphatic carbocycles. The molecule has 4 amide bonds. The lowest BCUT2D eigenvalue weighted by Crippen LogP contribution is -2.58. The van der Waals surface area contributed by atoms with Crippen LogP contribution in [0.15, 0.2) is 43.1 Å². The van der Waals surface area contributed by atoms with Gasteiger partial charge in [-0.25, -0.2) is 18.2 Å². The first kappa shape index (κ1) is 37.3. The molecule has 16 nitrogen and oxygen atoms in total. The first-order valence-electron chi connectivity index (χ1n) is 16.5. The highest BCUT2D eigenvalue weighted by atomic mass is 32.2. The third-order valence-corrected chi connectivity index (χ3v) is 10.7. The molecular weight excluding hydrogens is 686 g/mol. The second-order valence-electron chi connectivity index (χ2n) is 13.8. The molecule has 2 heterocycles. The summed E-state index contributed by atoms with van der Waals surface area (Å²) in [4.78, 5) is 72.4. The average molecular weight is 730 g/mol. The van der Waals surface area contributed by atoms with Gasteiger partial charge in [-0.2, -0.15) is 0 Å². The molecule has 3 aliphatic rings. The molecule has 2 saturated carbocycles. The predicted molar refractivity (Wildman–Crippen MR) is 182 cm³/mol. The fraction of sp³-hybridized carbons (Fsp3) is 0.529. The van der Waals surface area contributed by atoms with Crippen molar-refractivity contribution in [2.45, 2.75) is 87.5 Å². The van der Waals surface area contributed by atoms with Crippen LogP contribution in [-0.4, -0.2) is 103 Å². The molecule has 0 unspecified atom stereocenters. The molecule has 2 aromatic rings. The minimum Gasteiger partial charge on any atom is -0.497 e. The van der Waals surface area contributed by atoms with Gasteiger partial charge in [0.25, 0.3) is 5.91 Å². The number of sulfonamides is 1. The van der Waals surface area contributed by atoms with Crippen molar-refractivity contribution in [2.75, 3.05) is 20.8 Å². The van der Waals surface area contributed by atoms with Crippen LogP contribution in [0.5, 0.6) is 11.6 Å². The number of esters is 1. The van der Waals surface area contributed by atoms with E-state index in [0.29, 0.717) is 24.0 Å². The van der Waals surface area contributed by atoms with Gasteiger partial charge in [0.05, 0.1) is 32.4 Å². The summed E-state index contributed by atoms with van der Waals surface area (Å²) in [6, 6.07) is 4.27. The number of hydrogen-bond donors (Lipinski definition) is 3. The normalized spacial score (nSPS) is 23.4. The number of benzene rings is 1. The lowest BCUT2D eigenvalue weighted by atomic mass is 10.1.